The number of allylic oxidation sites excluding steroid dienone is 1. The van der Waals surface area contributed by atoms with Crippen LogP contribution >= 0.6 is 0 Å². The van der Waals surface area contributed by atoms with Gasteiger partial charge in [0.05, 0.1) is 6.61 Å². The van der Waals surface area contributed by atoms with Gasteiger partial charge < -0.3 is 15.3 Å². The first-order valence-corrected chi connectivity index (χ1v) is 5.17. The molecule has 0 spiro atoms. The molecule has 92 valence electrons. The van der Waals surface area contributed by atoms with Crippen molar-refractivity contribution in [3.63, 3.8) is 0 Å². The van der Waals surface area contributed by atoms with Gasteiger partial charge in [0.25, 0.3) is 0 Å². The van der Waals surface area contributed by atoms with E-state index in [1.807, 2.05) is 0 Å². The number of carbonyl (C=O) groups excluding carboxylic acids is 1. The number of aromatic nitrogens is 1. The number of nitrogens with zero attached hydrogens (tertiary/aromatic N) is 1. The maximum absolute atomic E-state index is 11.7. The standard InChI is InChI=1S/C12H15NO4/c1-8(12(17)11(16)7-14)5-10(15)9-3-2-4-13-6-9/h2-4,6,11,14,16-17H,5,7H2,1H3/b12-8-. The van der Waals surface area contributed by atoms with Gasteiger partial charge in [0.1, 0.15) is 11.9 Å². The van der Waals surface area contributed by atoms with Gasteiger partial charge in [-0.2, -0.15) is 0 Å². The fourth-order valence-corrected chi connectivity index (χ4v) is 1.33. The molecule has 0 aromatic carbocycles. The molecule has 0 fully saturated rings. The fourth-order valence-electron chi connectivity index (χ4n) is 1.33. The van der Waals surface area contributed by atoms with Gasteiger partial charge in [-0.25, -0.2) is 0 Å². The van der Waals surface area contributed by atoms with Crippen molar-refractivity contribution < 1.29 is 20.1 Å². The lowest BCUT2D eigenvalue weighted by atomic mass is 10.0. The minimum atomic E-state index is -1.34. The highest BCUT2D eigenvalue weighted by molar-refractivity contribution is 5.97. The molecule has 0 aliphatic rings. The Kier molecular flexibility index (Phi) is 4.81. The van der Waals surface area contributed by atoms with Crippen LogP contribution in [0.3, 0.4) is 0 Å². The Labute approximate surface area is 99.1 Å². The molecule has 1 atom stereocenters. The zero-order valence-electron chi connectivity index (χ0n) is 9.50. The van der Waals surface area contributed by atoms with Crippen molar-refractivity contribution in [2.45, 2.75) is 19.4 Å². The summed E-state index contributed by atoms with van der Waals surface area (Å²) in [5.41, 5.74) is 0.776. The highest BCUT2D eigenvalue weighted by atomic mass is 16.3. The average Bonchev–Trinajstić information content (AvgIpc) is 2.37. The highest BCUT2D eigenvalue weighted by Gasteiger charge is 2.14. The summed E-state index contributed by atoms with van der Waals surface area (Å²) in [6, 6.07) is 3.27. The maximum Gasteiger partial charge on any atom is 0.168 e. The third-order valence-electron chi connectivity index (χ3n) is 2.34. The van der Waals surface area contributed by atoms with E-state index in [0.29, 0.717) is 11.1 Å². The third kappa shape index (κ3) is 3.65. The predicted molar refractivity (Wildman–Crippen MR) is 61.6 cm³/mol. The molecular weight excluding hydrogens is 222 g/mol. The lowest BCUT2D eigenvalue weighted by Crippen LogP contribution is -2.17. The molecule has 1 heterocycles. The minimum Gasteiger partial charge on any atom is -0.510 e. The van der Waals surface area contributed by atoms with E-state index < -0.39 is 12.7 Å². The summed E-state index contributed by atoms with van der Waals surface area (Å²) in [5.74, 6) is -0.558. The number of aliphatic hydroxyl groups is 3. The van der Waals surface area contributed by atoms with Gasteiger partial charge in [0, 0.05) is 24.4 Å². The molecule has 3 N–H and O–H groups in total. The zero-order valence-corrected chi connectivity index (χ0v) is 9.50. The summed E-state index contributed by atoms with van der Waals surface area (Å²) < 4.78 is 0. The van der Waals surface area contributed by atoms with Crippen LogP contribution in [0.2, 0.25) is 0 Å². The number of hydrogen-bond donors (Lipinski definition) is 3. The molecule has 1 rings (SSSR count). The van der Waals surface area contributed by atoms with Crippen LogP contribution in [0.15, 0.2) is 35.9 Å². The van der Waals surface area contributed by atoms with Gasteiger partial charge in [0.2, 0.25) is 0 Å². The molecule has 0 aliphatic carbocycles. The number of pyridine rings is 1. The van der Waals surface area contributed by atoms with Crippen LogP contribution in [-0.4, -0.2) is 38.8 Å². The molecule has 17 heavy (non-hydrogen) atoms. The van der Waals surface area contributed by atoms with Gasteiger partial charge >= 0.3 is 0 Å². The second kappa shape index (κ2) is 6.12. The molecule has 1 unspecified atom stereocenters. The summed E-state index contributed by atoms with van der Waals surface area (Å²) in [5, 5.41) is 27.3. The van der Waals surface area contributed by atoms with E-state index in [-0.39, 0.29) is 18.0 Å². The van der Waals surface area contributed by atoms with Gasteiger partial charge in [-0.15, -0.1) is 0 Å². The molecule has 0 aliphatic heterocycles. The Morgan fingerprint density at radius 3 is 2.76 bits per heavy atom. The van der Waals surface area contributed by atoms with Crippen molar-refractivity contribution in [1.29, 1.82) is 0 Å². The molecule has 5 nitrogen and oxygen atoms in total. The van der Waals surface area contributed by atoms with Crippen molar-refractivity contribution >= 4 is 5.78 Å². The maximum atomic E-state index is 11.7. The van der Waals surface area contributed by atoms with Gasteiger partial charge in [-0.3, -0.25) is 9.78 Å². The van der Waals surface area contributed by atoms with Crippen molar-refractivity contribution in [2.24, 2.45) is 0 Å². The minimum absolute atomic E-state index is 0.0193. The van der Waals surface area contributed by atoms with Gasteiger partial charge in [-0.1, -0.05) is 0 Å². The first kappa shape index (κ1) is 13.3. The van der Waals surface area contributed by atoms with E-state index in [1.54, 1.807) is 18.3 Å². The van der Waals surface area contributed by atoms with Crippen molar-refractivity contribution in [3.05, 3.63) is 41.4 Å². The number of rotatable bonds is 5. The largest absolute Gasteiger partial charge is 0.510 e. The van der Waals surface area contributed by atoms with E-state index in [4.69, 9.17) is 5.11 Å². The Morgan fingerprint density at radius 1 is 1.53 bits per heavy atom. The number of aliphatic hydroxyl groups excluding tert-OH is 3. The second-order valence-electron chi connectivity index (χ2n) is 3.71. The summed E-state index contributed by atoms with van der Waals surface area (Å²) in [6.07, 6.45) is 1.65. The zero-order chi connectivity index (χ0) is 12.8. The highest BCUT2D eigenvalue weighted by Crippen LogP contribution is 2.13. The molecule has 1 aromatic heterocycles. The van der Waals surface area contributed by atoms with Crippen molar-refractivity contribution in [2.75, 3.05) is 6.61 Å². The molecule has 0 bridgehead atoms. The van der Waals surface area contributed by atoms with Crippen LogP contribution in [0.4, 0.5) is 0 Å². The van der Waals surface area contributed by atoms with Crippen LogP contribution in [0.1, 0.15) is 23.7 Å². The van der Waals surface area contributed by atoms with E-state index in [0.717, 1.165) is 0 Å². The Hall–Kier alpha value is -1.72. The molecular formula is C12H15NO4. The first-order valence-electron chi connectivity index (χ1n) is 5.17. The molecule has 5 heteroatoms. The monoisotopic (exact) mass is 237 g/mol. The van der Waals surface area contributed by atoms with E-state index >= 15 is 0 Å². The topological polar surface area (TPSA) is 90.7 Å². The van der Waals surface area contributed by atoms with E-state index in [1.165, 1.54) is 13.1 Å². The summed E-state index contributed by atoms with van der Waals surface area (Å²) in [6.45, 7) is 0.951. The molecule has 1 aromatic rings. The van der Waals surface area contributed by atoms with E-state index in [2.05, 4.69) is 4.98 Å². The summed E-state index contributed by atoms with van der Waals surface area (Å²) in [7, 11) is 0. The normalized spacial score (nSPS) is 14.1. The van der Waals surface area contributed by atoms with Crippen molar-refractivity contribution in [3.8, 4) is 0 Å². The summed E-state index contributed by atoms with van der Waals surface area (Å²) >= 11 is 0. The van der Waals surface area contributed by atoms with Crippen LogP contribution in [0.25, 0.3) is 0 Å². The fraction of sp³-hybridized carbons (Fsp3) is 0.333. The quantitative estimate of drug-likeness (QED) is 0.521. The van der Waals surface area contributed by atoms with Gasteiger partial charge in [0.15, 0.2) is 5.78 Å². The third-order valence-corrected chi connectivity index (χ3v) is 2.34. The molecule has 0 saturated carbocycles. The van der Waals surface area contributed by atoms with E-state index in [9.17, 15) is 15.0 Å². The smallest absolute Gasteiger partial charge is 0.168 e. The number of carbonyl (C=O) groups is 1. The van der Waals surface area contributed by atoms with Crippen LogP contribution in [-0.2, 0) is 0 Å². The Balaban J connectivity index is 2.76. The summed E-state index contributed by atoms with van der Waals surface area (Å²) in [4.78, 5) is 15.6. The van der Waals surface area contributed by atoms with Crippen LogP contribution < -0.4 is 0 Å². The lowest BCUT2D eigenvalue weighted by molar-refractivity contribution is 0.0841. The second-order valence-corrected chi connectivity index (χ2v) is 3.71. The Morgan fingerprint density at radius 2 is 2.24 bits per heavy atom. The average molecular weight is 237 g/mol. The first-order chi connectivity index (χ1) is 8.06. The SMILES string of the molecule is C/C(CC(=O)c1cccnc1)=C(/O)C(O)CO. The van der Waals surface area contributed by atoms with Crippen molar-refractivity contribution in [1.82, 2.24) is 4.98 Å². The molecule has 0 saturated heterocycles. The number of hydrogen-bond acceptors (Lipinski definition) is 5. The Bertz CT molecular complexity index is 414. The van der Waals surface area contributed by atoms with Crippen LogP contribution in [0.5, 0.6) is 0 Å². The predicted octanol–water partition coefficient (Wildman–Crippen LogP) is 0.840. The molecule has 0 radical (unpaired) electrons. The van der Waals surface area contributed by atoms with Gasteiger partial charge in [-0.05, 0) is 24.6 Å². The number of Topliss-reactive ketones (excluding diaryl/α,β-unsaturated/α-hetero) is 1. The molecule has 0 amide bonds. The van der Waals surface area contributed by atoms with Crippen LogP contribution in [0, 0.1) is 0 Å². The lowest BCUT2D eigenvalue weighted by Gasteiger charge is -2.10. The number of ketones is 1.